The minimum atomic E-state index is -0.780. The summed E-state index contributed by atoms with van der Waals surface area (Å²) in [5, 5.41) is 9.17. The first kappa shape index (κ1) is 15.6. The van der Waals surface area contributed by atoms with Gasteiger partial charge in [0.05, 0.1) is 32.8 Å². The fourth-order valence-corrected chi connectivity index (χ4v) is 2.85. The molecule has 1 aliphatic rings. The maximum atomic E-state index is 11.2. The Balaban J connectivity index is 2.45. The molecule has 0 aliphatic heterocycles. The number of carbonyl (C=O) groups is 1. The number of carboxylic acid groups (broad SMARTS) is 1. The maximum absolute atomic E-state index is 11.2. The number of methoxy groups -OCH3 is 3. The van der Waals surface area contributed by atoms with Gasteiger partial charge in [0.2, 0.25) is 0 Å². The van der Waals surface area contributed by atoms with Crippen LogP contribution in [0.4, 0.5) is 0 Å². The first-order valence-corrected chi connectivity index (χ1v) is 7.06. The molecule has 0 saturated heterocycles. The summed E-state index contributed by atoms with van der Waals surface area (Å²) in [5.41, 5.74) is 1.77. The summed E-state index contributed by atoms with van der Waals surface area (Å²) < 4.78 is 16.1. The zero-order chi connectivity index (χ0) is 15.4. The lowest BCUT2D eigenvalue weighted by molar-refractivity contribution is -0.137. The van der Waals surface area contributed by atoms with E-state index < -0.39 is 5.97 Å². The molecule has 1 aromatic carbocycles. The third-order valence-corrected chi connectivity index (χ3v) is 3.95. The largest absolute Gasteiger partial charge is 0.496 e. The lowest BCUT2D eigenvalue weighted by atomic mass is 9.88. The van der Waals surface area contributed by atoms with Crippen molar-refractivity contribution in [3.63, 3.8) is 0 Å². The van der Waals surface area contributed by atoms with Gasteiger partial charge in [-0.1, -0.05) is 6.07 Å². The van der Waals surface area contributed by atoms with E-state index in [0.717, 1.165) is 24.0 Å². The van der Waals surface area contributed by atoms with Crippen molar-refractivity contribution in [1.29, 1.82) is 0 Å². The van der Waals surface area contributed by atoms with Gasteiger partial charge in [0.1, 0.15) is 11.5 Å². The zero-order valence-corrected chi connectivity index (χ0v) is 12.7. The van der Waals surface area contributed by atoms with Gasteiger partial charge >= 0.3 is 5.97 Å². The van der Waals surface area contributed by atoms with Gasteiger partial charge in [0.15, 0.2) is 0 Å². The summed E-state index contributed by atoms with van der Waals surface area (Å²) >= 11 is 0. The predicted octanol–water partition coefficient (Wildman–Crippen LogP) is 2.82. The van der Waals surface area contributed by atoms with E-state index in [4.69, 9.17) is 19.3 Å². The van der Waals surface area contributed by atoms with E-state index >= 15 is 0 Å². The lowest BCUT2D eigenvalue weighted by Crippen LogP contribution is -2.11. The molecule has 1 unspecified atom stereocenters. The molecule has 2 rings (SSSR count). The summed E-state index contributed by atoms with van der Waals surface area (Å²) in [4.78, 5) is 11.2. The van der Waals surface area contributed by atoms with Crippen LogP contribution in [0.5, 0.6) is 11.5 Å². The van der Waals surface area contributed by atoms with Gasteiger partial charge in [-0.3, -0.25) is 4.79 Å². The number of aliphatic carboxylic acids is 1. The third kappa shape index (κ3) is 3.47. The Morgan fingerprint density at radius 1 is 1.29 bits per heavy atom. The van der Waals surface area contributed by atoms with E-state index in [9.17, 15) is 4.79 Å². The molecule has 116 valence electrons. The van der Waals surface area contributed by atoms with Gasteiger partial charge in [-0.2, -0.15) is 0 Å². The molecular weight excluding hydrogens is 272 g/mol. The SMILES string of the molecule is COCc1c(OC)ccc(C(CC(=O)O)C2CC2)c1OC. The van der Waals surface area contributed by atoms with Crippen LogP contribution in [-0.2, 0) is 16.1 Å². The van der Waals surface area contributed by atoms with Gasteiger partial charge in [-0.05, 0) is 30.4 Å². The van der Waals surface area contributed by atoms with Crippen molar-refractivity contribution in [1.82, 2.24) is 0 Å². The lowest BCUT2D eigenvalue weighted by Gasteiger charge is -2.22. The second-order valence-electron chi connectivity index (χ2n) is 5.34. The molecule has 21 heavy (non-hydrogen) atoms. The van der Waals surface area contributed by atoms with E-state index in [2.05, 4.69) is 0 Å². The smallest absolute Gasteiger partial charge is 0.303 e. The number of benzene rings is 1. The highest BCUT2D eigenvalue weighted by molar-refractivity contribution is 5.69. The van der Waals surface area contributed by atoms with Crippen molar-refractivity contribution in [3.8, 4) is 11.5 Å². The van der Waals surface area contributed by atoms with Crippen molar-refractivity contribution in [3.05, 3.63) is 23.3 Å². The van der Waals surface area contributed by atoms with Crippen LogP contribution in [0.15, 0.2) is 12.1 Å². The Labute approximate surface area is 124 Å². The number of rotatable bonds is 8. The Bertz CT molecular complexity index is 508. The average Bonchev–Trinajstić information content (AvgIpc) is 3.29. The molecule has 1 atom stereocenters. The van der Waals surface area contributed by atoms with Crippen molar-refractivity contribution in [2.45, 2.75) is 31.8 Å². The summed E-state index contributed by atoms with van der Waals surface area (Å²) in [6.45, 7) is 0.366. The van der Waals surface area contributed by atoms with Gasteiger partial charge in [-0.25, -0.2) is 0 Å². The van der Waals surface area contributed by atoms with Gasteiger partial charge in [-0.15, -0.1) is 0 Å². The molecule has 1 saturated carbocycles. The van der Waals surface area contributed by atoms with E-state index in [1.54, 1.807) is 21.3 Å². The highest BCUT2D eigenvalue weighted by atomic mass is 16.5. The molecule has 0 spiro atoms. The second-order valence-corrected chi connectivity index (χ2v) is 5.34. The first-order valence-electron chi connectivity index (χ1n) is 7.06. The minimum absolute atomic E-state index is 0.0148. The molecule has 1 fully saturated rings. The minimum Gasteiger partial charge on any atom is -0.496 e. The van der Waals surface area contributed by atoms with Crippen molar-refractivity contribution >= 4 is 5.97 Å². The van der Waals surface area contributed by atoms with Crippen LogP contribution in [0.3, 0.4) is 0 Å². The van der Waals surface area contributed by atoms with E-state index in [1.165, 1.54) is 0 Å². The quantitative estimate of drug-likeness (QED) is 0.798. The molecule has 1 aliphatic carbocycles. The molecule has 0 amide bonds. The topological polar surface area (TPSA) is 65.0 Å². The van der Waals surface area contributed by atoms with Crippen molar-refractivity contribution in [2.24, 2.45) is 5.92 Å². The number of carboxylic acids is 1. The summed E-state index contributed by atoms with van der Waals surface area (Å²) in [6.07, 6.45) is 2.28. The molecular formula is C16H22O5. The Morgan fingerprint density at radius 2 is 2.00 bits per heavy atom. The van der Waals surface area contributed by atoms with E-state index in [1.807, 2.05) is 12.1 Å². The fraction of sp³-hybridized carbons (Fsp3) is 0.562. The Kier molecular flexibility index (Phi) is 5.07. The van der Waals surface area contributed by atoms with Crippen molar-refractivity contribution < 1.29 is 24.1 Å². The van der Waals surface area contributed by atoms with Crippen LogP contribution in [0.25, 0.3) is 0 Å². The molecule has 5 heteroatoms. The third-order valence-electron chi connectivity index (χ3n) is 3.95. The summed E-state index contributed by atoms with van der Waals surface area (Å²) in [7, 11) is 4.81. The van der Waals surface area contributed by atoms with Crippen LogP contribution >= 0.6 is 0 Å². The first-order chi connectivity index (χ1) is 10.1. The van der Waals surface area contributed by atoms with Crippen LogP contribution in [0.1, 0.15) is 36.3 Å². The van der Waals surface area contributed by atoms with Gasteiger partial charge < -0.3 is 19.3 Å². The number of hydrogen-bond acceptors (Lipinski definition) is 4. The molecule has 1 N–H and O–H groups in total. The second kappa shape index (κ2) is 6.80. The fourth-order valence-electron chi connectivity index (χ4n) is 2.85. The molecule has 0 radical (unpaired) electrons. The Morgan fingerprint density at radius 3 is 2.48 bits per heavy atom. The normalized spacial score (nSPS) is 15.6. The van der Waals surface area contributed by atoms with Gasteiger partial charge in [0, 0.05) is 13.0 Å². The Hall–Kier alpha value is -1.75. The average molecular weight is 294 g/mol. The van der Waals surface area contributed by atoms with E-state index in [-0.39, 0.29) is 12.3 Å². The predicted molar refractivity (Wildman–Crippen MR) is 78.0 cm³/mol. The van der Waals surface area contributed by atoms with Crippen LogP contribution in [-0.4, -0.2) is 32.4 Å². The molecule has 0 heterocycles. The van der Waals surface area contributed by atoms with Gasteiger partial charge in [0.25, 0.3) is 0 Å². The standard InChI is InChI=1S/C16H22O5/c1-19-9-13-14(20-2)7-6-11(16(13)21-3)12(8-15(17)18)10-4-5-10/h6-7,10,12H,4-5,8-9H2,1-3H3,(H,17,18). The monoisotopic (exact) mass is 294 g/mol. The molecule has 5 nitrogen and oxygen atoms in total. The number of hydrogen-bond donors (Lipinski definition) is 1. The molecule has 1 aromatic rings. The van der Waals surface area contributed by atoms with Crippen molar-refractivity contribution in [2.75, 3.05) is 21.3 Å². The van der Waals surface area contributed by atoms with Crippen LogP contribution in [0, 0.1) is 5.92 Å². The molecule has 0 aromatic heterocycles. The molecule has 0 bridgehead atoms. The van der Waals surface area contributed by atoms with E-state index in [0.29, 0.717) is 24.0 Å². The highest BCUT2D eigenvalue weighted by Gasteiger charge is 2.36. The number of ether oxygens (including phenoxy) is 3. The van der Waals surface area contributed by atoms with Crippen LogP contribution < -0.4 is 9.47 Å². The summed E-state index contributed by atoms with van der Waals surface area (Å²) in [6, 6.07) is 3.78. The van der Waals surface area contributed by atoms with Crippen LogP contribution in [0.2, 0.25) is 0 Å². The zero-order valence-electron chi connectivity index (χ0n) is 12.7. The summed E-state index contributed by atoms with van der Waals surface area (Å²) in [5.74, 6) is 1.02. The highest BCUT2D eigenvalue weighted by Crippen LogP contribution is 2.48. The maximum Gasteiger partial charge on any atom is 0.303 e.